The molecule has 41 heavy (non-hydrogen) atoms. The Morgan fingerprint density at radius 2 is 1.73 bits per heavy atom. The Morgan fingerprint density at radius 3 is 2.49 bits per heavy atom. The number of halogens is 1. The normalized spacial score (nSPS) is 18.7. The van der Waals surface area contributed by atoms with Crippen molar-refractivity contribution in [3.05, 3.63) is 89.3 Å². The van der Waals surface area contributed by atoms with E-state index in [9.17, 15) is 9.59 Å². The van der Waals surface area contributed by atoms with Gasteiger partial charge in [-0.15, -0.1) is 0 Å². The number of nitrogens with one attached hydrogen (secondary N) is 1. The molecule has 6 rings (SSSR count). The number of likely N-dealkylation sites (N-methyl/N-ethyl adjacent to an activating group) is 2. The highest BCUT2D eigenvalue weighted by atomic mass is 35.5. The first kappa shape index (κ1) is 27.0. The molecule has 1 N–H and O–H groups in total. The van der Waals surface area contributed by atoms with Gasteiger partial charge in [-0.3, -0.25) is 19.5 Å². The van der Waals surface area contributed by atoms with Crippen molar-refractivity contribution in [2.45, 2.75) is 5.92 Å². The monoisotopic (exact) mass is 571 g/mol. The third-order valence-electron chi connectivity index (χ3n) is 7.62. The van der Waals surface area contributed by atoms with Gasteiger partial charge in [0, 0.05) is 55.2 Å². The third kappa shape index (κ3) is 5.69. The molecule has 0 aromatic heterocycles. The van der Waals surface area contributed by atoms with Crippen LogP contribution in [0.2, 0.25) is 5.02 Å². The molecule has 3 aliphatic rings. The second-order valence-corrected chi connectivity index (χ2v) is 10.8. The van der Waals surface area contributed by atoms with Gasteiger partial charge >= 0.3 is 0 Å². The van der Waals surface area contributed by atoms with E-state index in [1.165, 1.54) is 12.5 Å². The molecular weight excluding hydrogens is 542 g/mol. The minimum atomic E-state index is -0.659. The molecule has 3 heterocycles. The Kier molecular flexibility index (Phi) is 7.49. The Bertz CT molecular complexity index is 1550. The molecule has 3 aromatic rings. The fraction of sp³-hybridized carbons (Fsp3) is 0.258. The van der Waals surface area contributed by atoms with Crippen molar-refractivity contribution in [2.75, 3.05) is 57.0 Å². The average molecular weight is 572 g/mol. The van der Waals surface area contributed by atoms with Gasteiger partial charge in [0.05, 0.1) is 17.9 Å². The van der Waals surface area contributed by atoms with Gasteiger partial charge < -0.3 is 24.6 Å². The summed E-state index contributed by atoms with van der Waals surface area (Å²) < 4.78 is 11.2. The summed E-state index contributed by atoms with van der Waals surface area (Å²) >= 11 is 6.20. The molecule has 3 aromatic carbocycles. The molecule has 0 spiro atoms. The predicted molar refractivity (Wildman–Crippen MR) is 160 cm³/mol. The largest absolute Gasteiger partial charge is 0.458 e. The van der Waals surface area contributed by atoms with E-state index in [2.05, 4.69) is 22.2 Å². The molecule has 1 atom stereocenters. The number of nitrogens with zero attached hydrogens (tertiary/aromatic N) is 4. The molecule has 0 radical (unpaired) electrons. The minimum absolute atomic E-state index is 0.0368. The highest BCUT2D eigenvalue weighted by Gasteiger charge is 2.36. The van der Waals surface area contributed by atoms with Crippen molar-refractivity contribution in [1.29, 1.82) is 0 Å². The van der Waals surface area contributed by atoms with Gasteiger partial charge in [0.2, 0.25) is 11.8 Å². The minimum Gasteiger partial charge on any atom is -0.458 e. The van der Waals surface area contributed by atoms with E-state index in [4.69, 9.17) is 26.1 Å². The van der Waals surface area contributed by atoms with Gasteiger partial charge in [0.1, 0.15) is 18.4 Å². The van der Waals surface area contributed by atoms with Gasteiger partial charge in [-0.1, -0.05) is 17.7 Å². The van der Waals surface area contributed by atoms with E-state index in [0.717, 1.165) is 37.4 Å². The molecule has 0 aliphatic carbocycles. The van der Waals surface area contributed by atoms with Crippen LogP contribution in [-0.4, -0.2) is 74.1 Å². The summed E-state index contributed by atoms with van der Waals surface area (Å²) in [6.45, 7) is 4.07. The molecule has 9 nitrogen and oxygen atoms in total. The number of ether oxygens (including phenoxy) is 2. The SMILES string of the molecule is CN1CCN(CC(=O)N(C)c2ccc(N=C(c3ccc4c(c3)OC=CO4)C3C(=O)Nc4cc(Cl)ccc43)cc2)CC1. The molecule has 2 amide bonds. The van der Waals surface area contributed by atoms with Crippen LogP contribution in [0.3, 0.4) is 0 Å². The van der Waals surface area contributed by atoms with Crippen molar-refractivity contribution in [3.8, 4) is 11.5 Å². The highest BCUT2D eigenvalue weighted by molar-refractivity contribution is 6.31. The van der Waals surface area contributed by atoms with E-state index >= 15 is 0 Å². The molecular formula is C31H30ClN5O4. The number of aliphatic imine (C=N–C) groups is 1. The number of fused-ring (bicyclic) bond motifs is 2. The van der Waals surface area contributed by atoms with E-state index in [1.807, 2.05) is 42.5 Å². The third-order valence-corrected chi connectivity index (χ3v) is 7.86. The number of carbonyl (C=O) groups is 2. The van der Waals surface area contributed by atoms with Crippen LogP contribution in [0.5, 0.6) is 11.5 Å². The zero-order valence-corrected chi connectivity index (χ0v) is 23.6. The average Bonchev–Trinajstić information content (AvgIpc) is 3.31. The van der Waals surface area contributed by atoms with Gasteiger partial charge in [-0.05, 0) is 67.2 Å². The van der Waals surface area contributed by atoms with Gasteiger partial charge in [-0.25, -0.2) is 0 Å². The van der Waals surface area contributed by atoms with Crippen LogP contribution in [0, 0.1) is 0 Å². The van der Waals surface area contributed by atoms with Crippen LogP contribution in [0.25, 0.3) is 0 Å². The van der Waals surface area contributed by atoms with Crippen LogP contribution in [-0.2, 0) is 9.59 Å². The number of hydrogen-bond acceptors (Lipinski definition) is 7. The second kappa shape index (κ2) is 11.4. The van der Waals surface area contributed by atoms with Crippen LogP contribution in [0.15, 0.2) is 78.2 Å². The lowest BCUT2D eigenvalue weighted by molar-refractivity contribution is -0.120. The van der Waals surface area contributed by atoms with E-state index < -0.39 is 5.92 Å². The molecule has 1 unspecified atom stereocenters. The highest BCUT2D eigenvalue weighted by Crippen LogP contribution is 2.40. The predicted octanol–water partition coefficient (Wildman–Crippen LogP) is 4.65. The number of amides is 2. The summed E-state index contributed by atoms with van der Waals surface area (Å²) in [5, 5.41) is 3.48. The standard InChI is InChI=1S/C31H30ClN5O4/c1-35-11-13-37(14-12-35)19-28(38)36(2)23-7-5-22(6-8-23)33-30(20-3-10-26-27(17-20)41-16-15-40-26)29-24-9-4-21(32)18-25(24)34-31(29)39/h3-10,15-18,29H,11-14,19H2,1-2H3,(H,34,39). The lowest BCUT2D eigenvalue weighted by Gasteiger charge is -2.32. The number of benzene rings is 3. The molecule has 1 saturated heterocycles. The molecule has 0 saturated carbocycles. The van der Waals surface area contributed by atoms with E-state index in [-0.39, 0.29) is 11.8 Å². The summed E-state index contributed by atoms with van der Waals surface area (Å²) in [7, 11) is 3.88. The first-order valence-corrected chi connectivity index (χ1v) is 13.8. The maximum Gasteiger partial charge on any atom is 0.240 e. The maximum atomic E-state index is 13.3. The Labute approximate surface area is 243 Å². The van der Waals surface area contributed by atoms with Crippen molar-refractivity contribution >= 4 is 46.2 Å². The summed E-state index contributed by atoms with van der Waals surface area (Å²) in [6.07, 6.45) is 2.93. The zero-order valence-electron chi connectivity index (χ0n) is 22.8. The number of anilines is 2. The second-order valence-electron chi connectivity index (χ2n) is 10.4. The number of piperazine rings is 1. The first-order valence-electron chi connectivity index (χ1n) is 13.4. The molecule has 0 bridgehead atoms. The molecule has 10 heteroatoms. The van der Waals surface area contributed by atoms with Crippen molar-refractivity contribution in [1.82, 2.24) is 9.80 Å². The topological polar surface area (TPSA) is 86.7 Å². The van der Waals surface area contributed by atoms with Crippen molar-refractivity contribution < 1.29 is 19.1 Å². The van der Waals surface area contributed by atoms with E-state index in [1.54, 1.807) is 30.1 Å². The van der Waals surface area contributed by atoms with Gasteiger partial charge in [-0.2, -0.15) is 0 Å². The van der Waals surface area contributed by atoms with Crippen LogP contribution in [0.1, 0.15) is 17.0 Å². The number of carbonyl (C=O) groups excluding carboxylic acids is 2. The smallest absolute Gasteiger partial charge is 0.240 e. The van der Waals surface area contributed by atoms with E-state index in [0.29, 0.717) is 45.7 Å². The quantitative estimate of drug-likeness (QED) is 0.434. The summed E-state index contributed by atoms with van der Waals surface area (Å²) in [4.78, 5) is 37.3. The molecule has 3 aliphatic heterocycles. The fourth-order valence-corrected chi connectivity index (χ4v) is 5.37. The van der Waals surface area contributed by atoms with Crippen LogP contribution in [0.4, 0.5) is 17.1 Å². The Hall–Kier alpha value is -4.18. The summed E-state index contributed by atoms with van der Waals surface area (Å²) in [5.74, 6) is 0.291. The van der Waals surface area contributed by atoms with Crippen molar-refractivity contribution in [3.63, 3.8) is 0 Å². The lowest BCUT2D eigenvalue weighted by Crippen LogP contribution is -2.48. The first-order chi connectivity index (χ1) is 19.9. The number of hydrogen-bond donors (Lipinski definition) is 1. The maximum absolute atomic E-state index is 13.3. The lowest BCUT2D eigenvalue weighted by atomic mass is 9.90. The Balaban J connectivity index is 1.30. The molecule has 1 fully saturated rings. The number of rotatable bonds is 6. The van der Waals surface area contributed by atoms with Gasteiger partial charge in [0.25, 0.3) is 0 Å². The summed E-state index contributed by atoms with van der Waals surface area (Å²) in [6, 6.07) is 18.3. The van der Waals surface area contributed by atoms with Crippen LogP contribution < -0.4 is 19.7 Å². The van der Waals surface area contributed by atoms with Crippen molar-refractivity contribution in [2.24, 2.45) is 4.99 Å². The zero-order chi connectivity index (χ0) is 28.5. The van der Waals surface area contributed by atoms with Crippen LogP contribution >= 0.6 is 11.6 Å². The fourth-order valence-electron chi connectivity index (χ4n) is 5.20. The molecule has 210 valence electrons. The Morgan fingerprint density at radius 1 is 1.00 bits per heavy atom. The summed E-state index contributed by atoms with van der Waals surface area (Å²) in [5.41, 5.74) is 4.14. The van der Waals surface area contributed by atoms with Gasteiger partial charge in [0.15, 0.2) is 11.5 Å².